The third-order valence-electron chi connectivity index (χ3n) is 3.30. The van der Waals surface area contributed by atoms with Crippen LogP contribution in [0, 0.1) is 5.82 Å². The smallest absolute Gasteiger partial charge is 0.416 e. The molecule has 0 aliphatic rings. The number of amides is 1. The van der Waals surface area contributed by atoms with Gasteiger partial charge in [0, 0.05) is 12.6 Å². The summed E-state index contributed by atoms with van der Waals surface area (Å²) in [5.41, 5.74) is -0.956. The number of benzene rings is 2. The first-order chi connectivity index (χ1) is 11.3. The van der Waals surface area contributed by atoms with Gasteiger partial charge >= 0.3 is 6.18 Å². The minimum atomic E-state index is -4.51. The minimum Gasteiger partial charge on any atom is -0.489 e. The Kier molecular flexibility index (Phi) is 5.43. The van der Waals surface area contributed by atoms with Gasteiger partial charge in [-0.15, -0.1) is 0 Å². The predicted molar refractivity (Wildman–Crippen MR) is 80.3 cm³/mol. The highest BCUT2D eigenvalue weighted by Crippen LogP contribution is 2.29. The Morgan fingerprint density at radius 3 is 2.50 bits per heavy atom. The Morgan fingerprint density at radius 2 is 1.83 bits per heavy atom. The van der Waals surface area contributed by atoms with Gasteiger partial charge in [0.2, 0.25) is 0 Å². The van der Waals surface area contributed by atoms with Crippen LogP contribution in [-0.2, 0) is 6.18 Å². The van der Waals surface area contributed by atoms with Crippen molar-refractivity contribution in [3.63, 3.8) is 0 Å². The normalized spacial score (nSPS) is 11.2. The van der Waals surface area contributed by atoms with E-state index in [0.29, 0.717) is 0 Å². The van der Waals surface area contributed by atoms with Crippen molar-refractivity contribution in [2.45, 2.75) is 6.18 Å². The molecule has 0 bridgehead atoms. The Balaban J connectivity index is 1.96. The van der Waals surface area contributed by atoms with Gasteiger partial charge in [-0.25, -0.2) is 4.39 Å². The Labute approximate surface area is 136 Å². The number of alkyl halides is 3. The van der Waals surface area contributed by atoms with Crippen LogP contribution in [0.4, 0.5) is 17.6 Å². The Bertz CT molecular complexity index is 716. The Morgan fingerprint density at radius 1 is 1.12 bits per heavy atom. The van der Waals surface area contributed by atoms with Crippen molar-refractivity contribution < 1.29 is 27.1 Å². The summed E-state index contributed by atoms with van der Waals surface area (Å²) >= 11 is 0. The highest BCUT2D eigenvalue weighted by molar-refractivity contribution is 5.94. The van der Waals surface area contributed by atoms with E-state index >= 15 is 0 Å². The quantitative estimate of drug-likeness (QED) is 0.770. The molecule has 0 aliphatic carbocycles. The Hall–Kier alpha value is -2.57. The molecule has 2 aromatic rings. The summed E-state index contributed by atoms with van der Waals surface area (Å²) in [7, 11) is 1.44. The zero-order valence-electron chi connectivity index (χ0n) is 12.8. The minimum absolute atomic E-state index is 0.0160. The van der Waals surface area contributed by atoms with E-state index in [1.54, 1.807) is 6.07 Å². The van der Waals surface area contributed by atoms with Crippen LogP contribution < -0.4 is 4.74 Å². The molecule has 0 fully saturated rings. The van der Waals surface area contributed by atoms with Gasteiger partial charge in [0.1, 0.15) is 6.61 Å². The molecule has 0 atom stereocenters. The lowest BCUT2D eigenvalue weighted by molar-refractivity contribution is -0.137. The van der Waals surface area contributed by atoms with Crippen molar-refractivity contribution in [2.75, 3.05) is 20.2 Å². The third-order valence-corrected chi connectivity index (χ3v) is 3.30. The molecule has 1 amide bonds. The van der Waals surface area contributed by atoms with Crippen molar-refractivity contribution in [3.8, 4) is 5.75 Å². The molecule has 0 radical (unpaired) electrons. The van der Waals surface area contributed by atoms with Gasteiger partial charge in [0.25, 0.3) is 5.91 Å². The molecule has 2 aromatic carbocycles. The van der Waals surface area contributed by atoms with Crippen molar-refractivity contribution in [1.82, 2.24) is 4.90 Å². The average Bonchev–Trinajstić information content (AvgIpc) is 2.55. The summed E-state index contributed by atoms with van der Waals surface area (Å²) in [5, 5.41) is 0. The number of ether oxygens (including phenoxy) is 1. The van der Waals surface area contributed by atoms with Gasteiger partial charge in [0.05, 0.1) is 12.1 Å². The van der Waals surface area contributed by atoms with Crippen LogP contribution in [0.5, 0.6) is 5.75 Å². The van der Waals surface area contributed by atoms with Gasteiger partial charge < -0.3 is 9.64 Å². The highest BCUT2D eigenvalue weighted by atomic mass is 19.4. The molecule has 24 heavy (non-hydrogen) atoms. The average molecular weight is 341 g/mol. The summed E-state index contributed by atoms with van der Waals surface area (Å²) in [6.07, 6.45) is -4.51. The summed E-state index contributed by atoms with van der Waals surface area (Å²) in [5.74, 6) is -1.04. The molecule has 7 heteroatoms. The van der Waals surface area contributed by atoms with E-state index in [-0.39, 0.29) is 24.5 Å². The number of hydrogen-bond donors (Lipinski definition) is 0. The van der Waals surface area contributed by atoms with Crippen molar-refractivity contribution in [3.05, 3.63) is 65.5 Å². The lowest BCUT2D eigenvalue weighted by Gasteiger charge is -2.18. The van der Waals surface area contributed by atoms with E-state index in [4.69, 9.17) is 4.74 Å². The van der Waals surface area contributed by atoms with Crippen molar-refractivity contribution in [1.29, 1.82) is 0 Å². The third kappa shape index (κ3) is 4.47. The van der Waals surface area contributed by atoms with Gasteiger partial charge in [-0.05, 0) is 30.3 Å². The number of hydrogen-bond acceptors (Lipinski definition) is 2. The second-order valence-corrected chi connectivity index (χ2v) is 5.08. The first-order valence-electron chi connectivity index (χ1n) is 7.09. The van der Waals surface area contributed by atoms with Crippen LogP contribution in [-0.4, -0.2) is 31.0 Å². The summed E-state index contributed by atoms with van der Waals surface area (Å²) < 4.78 is 56.6. The molecular formula is C17H15F4NO2. The molecule has 0 aliphatic heterocycles. The summed E-state index contributed by atoms with van der Waals surface area (Å²) in [6, 6.07) is 10.0. The van der Waals surface area contributed by atoms with E-state index in [0.717, 1.165) is 12.1 Å². The lowest BCUT2D eigenvalue weighted by atomic mass is 10.1. The standard InChI is InChI=1S/C17H15F4NO2/c1-22(9-10-24-15-8-3-2-7-14(15)18)16(23)12-5-4-6-13(11-12)17(19,20)21/h2-8,11H,9-10H2,1H3. The van der Waals surface area contributed by atoms with Crippen molar-refractivity contribution >= 4 is 5.91 Å². The molecule has 0 N–H and O–H groups in total. The number of rotatable bonds is 5. The predicted octanol–water partition coefficient (Wildman–Crippen LogP) is 4.00. The van der Waals surface area contributed by atoms with E-state index in [1.165, 1.54) is 42.3 Å². The summed E-state index contributed by atoms with van der Waals surface area (Å²) in [4.78, 5) is 13.4. The van der Waals surface area contributed by atoms with E-state index in [9.17, 15) is 22.4 Å². The SMILES string of the molecule is CN(CCOc1ccccc1F)C(=O)c1cccc(C(F)(F)F)c1. The van der Waals surface area contributed by atoms with Crippen LogP contribution >= 0.6 is 0 Å². The molecule has 0 saturated carbocycles. The molecule has 0 aromatic heterocycles. The summed E-state index contributed by atoms with van der Waals surface area (Å²) in [6.45, 7) is 0.117. The van der Waals surface area contributed by atoms with E-state index in [1.807, 2.05) is 0 Å². The second-order valence-electron chi connectivity index (χ2n) is 5.08. The van der Waals surface area contributed by atoms with Crippen LogP contribution in [0.25, 0.3) is 0 Å². The zero-order valence-corrected chi connectivity index (χ0v) is 12.8. The van der Waals surface area contributed by atoms with Crippen LogP contribution in [0.15, 0.2) is 48.5 Å². The maximum atomic E-state index is 13.4. The van der Waals surface area contributed by atoms with Gasteiger partial charge in [-0.2, -0.15) is 13.2 Å². The lowest BCUT2D eigenvalue weighted by Crippen LogP contribution is -2.31. The van der Waals surface area contributed by atoms with Crippen LogP contribution in [0.1, 0.15) is 15.9 Å². The van der Waals surface area contributed by atoms with Gasteiger partial charge in [0.15, 0.2) is 11.6 Å². The van der Waals surface area contributed by atoms with E-state index < -0.39 is 23.5 Å². The van der Waals surface area contributed by atoms with E-state index in [2.05, 4.69) is 0 Å². The molecular weight excluding hydrogens is 326 g/mol. The largest absolute Gasteiger partial charge is 0.489 e. The number of carbonyl (C=O) groups excluding carboxylic acids is 1. The monoisotopic (exact) mass is 341 g/mol. The fourth-order valence-corrected chi connectivity index (χ4v) is 2.00. The van der Waals surface area contributed by atoms with Crippen LogP contribution in [0.3, 0.4) is 0 Å². The van der Waals surface area contributed by atoms with Crippen molar-refractivity contribution in [2.24, 2.45) is 0 Å². The number of para-hydroxylation sites is 1. The fourth-order valence-electron chi connectivity index (χ4n) is 2.00. The molecule has 128 valence electrons. The number of likely N-dealkylation sites (N-methyl/N-ethyl adjacent to an activating group) is 1. The molecule has 0 unspecified atom stereocenters. The second kappa shape index (κ2) is 7.33. The number of nitrogens with zero attached hydrogens (tertiary/aromatic N) is 1. The number of halogens is 4. The molecule has 0 spiro atoms. The molecule has 2 rings (SSSR count). The zero-order chi connectivity index (χ0) is 17.7. The van der Waals surface area contributed by atoms with Crippen LogP contribution in [0.2, 0.25) is 0 Å². The topological polar surface area (TPSA) is 29.5 Å². The maximum absolute atomic E-state index is 13.4. The first-order valence-corrected chi connectivity index (χ1v) is 7.09. The highest BCUT2D eigenvalue weighted by Gasteiger charge is 2.31. The number of carbonyl (C=O) groups is 1. The van der Waals surface area contributed by atoms with Gasteiger partial charge in [-0.3, -0.25) is 4.79 Å². The van der Waals surface area contributed by atoms with Gasteiger partial charge in [-0.1, -0.05) is 18.2 Å². The first kappa shape index (κ1) is 17.8. The maximum Gasteiger partial charge on any atom is 0.416 e. The molecule has 0 saturated heterocycles. The molecule has 3 nitrogen and oxygen atoms in total. The molecule has 0 heterocycles. The fraction of sp³-hybridized carbons (Fsp3) is 0.235.